The number of carbonyl (C=O) groups excluding carboxylic acids is 1. The third-order valence-electron chi connectivity index (χ3n) is 5.28. The summed E-state index contributed by atoms with van der Waals surface area (Å²) >= 11 is 0. The van der Waals surface area contributed by atoms with Crippen LogP contribution in [0.25, 0.3) is 0 Å². The number of fused-ring (bicyclic) bond motifs is 1. The Kier molecular flexibility index (Phi) is 4.10. The molecule has 0 bridgehead atoms. The number of amides is 1. The Hall–Kier alpha value is -2.14. The third-order valence-corrected chi connectivity index (χ3v) is 5.28. The lowest BCUT2D eigenvalue weighted by atomic mass is 9.92. The number of aromatic nitrogens is 2. The summed E-state index contributed by atoms with van der Waals surface area (Å²) in [6.07, 6.45) is 6.84. The smallest absolute Gasteiger partial charge is 0.227 e. The van der Waals surface area contributed by atoms with Gasteiger partial charge in [-0.15, -0.1) is 0 Å². The lowest BCUT2D eigenvalue weighted by Gasteiger charge is -2.27. The number of aryl methyl sites for hydroxylation is 1. The molecule has 2 N–H and O–H groups in total. The van der Waals surface area contributed by atoms with E-state index in [1.807, 2.05) is 11.1 Å². The maximum absolute atomic E-state index is 11.8. The molecule has 2 aromatic rings. The summed E-state index contributed by atoms with van der Waals surface area (Å²) in [7, 11) is 0. The van der Waals surface area contributed by atoms with Gasteiger partial charge in [-0.25, -0.2) is 0 Å². The van der Waals surface area contributed by atoms with Gasteiger partial charge >= 0.3 is 0 Å². The van der Waals surface area contributed by atoms with Crippen molar-refractivity contribution in [1.82, 2.24) is 15.5 Å². The highest BCUT2D eigenvalue weighted by Gasteiger charge is 2.23. The van der Waals surface area contributed by atoms with Gasteiger partial charge in [0.2, 0.25) is 5.91 Å². The number of anilines is 1. The van der Waals surface area contributed by atoms with Crippen LogP contribution < -0.4 is 10.2 Å². The van der Waals surface area contributed by atoms with Crippen molar-refractivity contribution in [1.29, 1.82) is 0 Å². The molecule has 2 unspecified atom stereocenters. The van der Waals surface area contributed by atoms with Crippen molar-refractivity contribution in [3.8, 4) is 0 Å². The van der Waals surface area contributed by atoms with Gasteiger partial charge in [0, 0.05) is 36.4 Å². The molecular formula is C19H24N4O. The van der Waals surface area contributed by atoms with Crippen molar-refractivity contribution < 1.29 is 4.79 Å². The zero-order valence-corrected chi connectivity index (χ0v) is 14.1. The first-order chi connectivity index (χ1) is 11.7. The summed E-state index contributed by atoms with van der Waals surface area (Å²) in [4.78, 5) is 13.7. The quantitative estimate of drug-likeness (QED) is 0.909. The van der Waals surface area contributed by atoms with Gasteiger partial charge in [0.05, 0.1) is 6.20 Å². The molecule has 4 rings (SSSR count). The molecule has 1 amide bonds. The number of nitrogens with zero attached hydrogens (tertiary/aromatic N) is 2. The molecule has 0 saturated carbocycles. The van der Waals surface area contributed by atoms with Gasteiger partial charge in [0.15, 0.2) is 0 Å². The van der Waals surface area contributed by atoms with E-state index in [0.717, 1.165) is 37.9 Å². The van der Waals surface area contributed by atoms with E-state index in [9.17, 15) is 4.79 Å². The molecule has 126 valence electrons. The number of carbonyl (C=O) groups is 1. The normalized spacial score (nSPS) is 21.8. The Morgan fingerprint density at radius 2 is 2.12 bits per heavy atom. The first-order valence-corrected chi connectivity index (χ1v) is 8.88. The number of hydrogen-bond donors (Lipinski definition) is 2. The van der Waals surface area contributed by atoms with E-state index in [0.29, 0.717) is 18.5 Å². The second kappa shape index (κ2) is 6.40. The standard InChI is InChI=1S/C19H24N4O/c1-13(21-16-6-9-18-15(11-16)12-20-22-18)14-4-7-17(8-5-14)23-10-2-3-19(23)24/h4-5,7-8,12-13,16,21H,2-3,6,9-11H2,1H3,(H,20,22). The van der Waals surface area contributed by atoms with Crippen LogP contribution in [0.15, 0.2) is 30.5 Å². The van der Waals surface area contributed by atoms with Crippen molar-refractivity contribution >= 4 is 11.6 Å². The van der Waals surface area contributed by atoms with E-state index < -0.39 is 0 Å². The molecule has 0 radical (unpaired) electrons. The van der Waals surface area contributed by atoms with E-state index in [2.05, 4.69) is 46.7 Å². The second-order valence-electron chi connectivity index (χ2n) is 6.94. The lowest BCUT2D eigenvalue weighted by molar-refractivity contribution is -0.117. The Labute approximate surface area is 142 Å². The molecule has 0 spiro atoms. The predicted octanol–water partition coefficient (Wildman–Crippen LogP) is 2.74. The molecule has 24 heavy (non-hydrogen) atoms. The Bertz CT molecular complexity index is 721. The summed E-state index contributed by atoms with van der Waals surface area (Å²) in [6.45, 7) is 3.06. The van der Waals surface area contributed by atoms with Gasteiger partial charge in [-0.3, -0.25) is 9.89 Å². The second-order valence-corrected chi connectivity index (χ2v) is 6.94. The topological polar surface area (TPSA) is 61.0 Å². The largest absolute Gasteiger partial charge is 0.312 e. The van der Waals surface area contributed by atoms with Crippen molar-refractivity contribution in [3.63, 3.8) is 0 Å². The number of aromatic amines is 1. The van der Waals surface area contributed by atoms with E-state index in [-0.39, 0.29) is 5.91 Å². The highest BCUT2D eigenvalue weighted by Crippen LogP contribution is 2.25. The summed E-state index contributed by atoms with van der Waals surface area (Å²) in [5, 5.41) is 11.0. The predicted molar refractivity (Wildman–Crippen MR) is 94.0 cm³/mol. The molecule has 1 saturated heterocycles. The average molecular weight is 324 g/mol. The van der Waals surface area contributed by atoms with Crippen LogP contribution in [0.4, 0.5) is 5.69 Å². The zero-order valence-electron chi connectivity index (χ0n) is 14.1. The maximum atomic E-state index is 11.8. The van der Waals surface area contributed by atoms with Gasteiger partial charge in [-0.1, -0.05) is 12.1 Å². The Morgan fingerprint density at radius 3 is 2.88 bits per heavy atom. The number of benzene rings is 1. The van der Waals surface area contributed by atoms with Crippen LogP contribution in [0.2, 0.25) is 0 Å². The molecule has 1 aliphatic carbocycles. The van der Waals surface area contributed by atoms with E-state index >= 15 is 0 Å². The Morgan fingerprint density at radius 1 is 1.29 bits per heavy atom. The van der Waals surface area contributed by atoms with Gasteiger partial charge in [-0.05, 0) is 55.9 Å². The molecule has 1 aromatic heterocycles. The molecule has 1 fully saturated rings. The fourth-order valence-electron chi connectivity index (χ4n) is 3.87. The lowest BCUT2D eigenvalue weighted by Crippen LogP contribution is -2.36. The molecular weight excluding hydrogens is 300 g/mol. The number of hydrogen-bond acceptors (Lipinski definition) is 3. The molecule has 5 heteroatoms. The maximum Gasteiger partial charge on any atom is 0.227 e. The minimum atomic E-state index is 0.243. The van der Waals surface area contributed by atoms with Crippen molar-refractivity contribution in [3.05, 3.63) is 47.3 Å². The minimum Gasteiger partial charge on any atom is -0.312 e. The fraction of sp³-hybridized carbons (Fsp3) is 0.474. The van der Waals surface area contributed by atoms with E-state index in [1.54, 1.807) is 0 Å². The third kappa shape index (κ3) is 2.96. The van der Waals surface area contributed by atoms with Crippen LogP contribution >= 0.6 is 0 Å². The molecule has 2 atom stereocenters. The molecule has 2 aliphatic rings. The number of rotatable bonds is 4. The molecule has 5 nitrogen and oxygen atoms in total. The fourth-order valence-corrected chi connectivity index (χ4v) is 3.87. The van der Waals surface area contributed by atoms with Crippen LogP contribution in [-0.4, -0.2) is 28.7 Å². The van der Waals surface area contributed by atoms with Crippen molar-refractivity contribution in [2.45, 2.75) is 51.1 Å². The summed E-state index contributed by atoms with van der Waals surface area (Å²) < 4.78 is 0. The number of nitrogens with one attached hydrogen (secondary N) is 2. The van der Waals surface area contributed by atoms with Gasteiger partial charge in [0.25, 0.3) is 0 Å². The average Bonchev–Trinajstić information content (AvgIpc) is 3.23. The van der Waals surface area contributed by atoms with E-state index in [1.165, 1.54) is 16.8 Å². The van der Waals surface area contributed by atoms with Crippen molar-refractivity contribution in [2.75, 3.05) is 11.4 Å². The first kappa shape index (κ1) is 15.4. The minimum absolute atomic E-state index is 0.243. The first-order valence-electron chi connectivity index (χ1n) is 8.88. The number of H-pyrrole nitrogens is 1. The summed E-state index contributed by atoms with van der Waals surface area (Å²) in [6, 6.07) is 9.23. The van der Waals surface area contributed by atoms with E-state index in [4.69, 9.17) is 0 Å². The molecule has 1 aliphatic heterocycles. The highest BCUT2D eigenvalue weighted by molar-refractivity contribution is 5.95. The molecule has 2 heterocycles. The summed E-state index contributed by atoms with van der Waals surface area (Å²) in [5.74, 6) is 0.243. The summed E-state index contributed by atoms with van der Waals surface area (Å²) in [5.41, 5.74) is 4.92. The molecule has 1 aromatic carbocycles. The zero-order chi connectivity index (χ0) is 16.5. The van der Waals surface area contributed by atoms with Crippen LogP contribution in [0.1, 0.15) is 49.0 Å². The van der Waals surface area contributed by atoms with Crippen molar-refractivity contribution in [2.24, 2.45) is 0 Å². The van der Waals surface area contributed by atoms with Crippen LogP contribution in [0.5, 0.6) is 0 Å². The monoisotopic (exact) mass is 324 g/mol. The van der Waals surface area contributed by atoms with Crippen LogP contribution in [-0.2, 0) is 17.6 Å². The van der Waals surface area contributed by atoms with Crippen LogP contribution in [0.3, 0.4) is 0 Å². The van der Waals surface area contributed by atoms with Gasteiger partial charge in [-0.2, -0.15) is 5.10 Å². The van der Waals surface area contributed by atoms with Crippen LogP contribution in [0, 0.1) is 0 Å². The van der Waals surface area contributed by atoms with Gasteiger partial charge < -0.3 is 10.2 Å². The Balaban J connectivity index is 1.40. The highest BCUT2D eigenvalue weighted by atomic mass is 16.2. The van der Waals surface area contributed by atoms with Gasteiger partial charge in [0.1, 0.15) is 0 Å². The SMILES string of the molecule is CC(NC1CCc2[nH]ncc2C1)c1ccc(N2CCCC2=O)cc1.